The van der Waals surface area contributed by atoms with Crippen LogP contribution < -0.4 is 10.6 Å². The third-order valence-corrected chi connectivity index (χ3v) is 5.62. The molecular weight excluding hydrogens is 423 g/mol. The van der Waals surface area contributed by atoms with E-state index in [1.165, 1.54) is 36.8 Å². The summed E-state index contributed by atoms with van der Waals surface area (Å²) in [4.78, 5) is 25.8. The first-order valence-electron chi connectivity index (χ1n) is 11.0. The highest BCUT2D eigenvalue weighted by Gasteiger charge is 2.19. The molecule has 2 aromatic carbocycles. The zero-order valence-corrected chi connectivity index (χ0v) is 18.6. The van der Waals surface area contributed by atoms with Crippen LogP contribution in [-0.4, -0.2) is 51.1 Å². The summed E-state index contributed by atoms with van der Waals surface area (Å²) in [6, 6.07) is 13.4. The Hall–Kier alpha value is -3.59. The zero-order valence-electron chi connectivity index (χ0n) is 18.6. The average Bonchev–Trinajstić information content (AvgIpc) is 3.07. The smallest absolute Gasteiger partial charge is 0.251 e. The molecule has 4 rings (SSSR count). The van der Waals surface area contributed by atoms with Crippen LogP contribution in [0.5, 0.6) is 0 Å². The van der Waals surface area contributed by atoms with Crippen molar-refractivity contribution in [2.75, 3.05) is 25.0 Å². The van der Waals surface area contributed by atoms with Gasteiger partial charge in [-0.3, -0.25) is 14.5 Å². The number of hydrogen-bond donors (Lipinski definition) is 2. The van der Waals surface area contributed by atoms with Crippen LogP contribution in [0.15, 0.2) is 48.5 Å². The number of benzene rings is 2. The van der Waals surface area contributed by atoms with Crippen molar-refractivity contribution in [2.24, 2.45) is 0 Å². The minimum Gasteiger partial charge on any atom is -0.352 e. The average molecular weight is 451 g/mol. The van der Waals surface area contributed by atoms with Crippen molar-refractivity contribution in [1.82, 2.24) is 25.0 Å². The van der Waals surface area contributed by atoms with Gasteiger partial charge in [-0.2, -0.15) is 0 Å². The molecule has 172 valence electrons. The topological polar surface area (TPSA) is 92.2 Å². The van der Waals surface area contributed by atoms with Crippen molar-refractivity contribution in [3.63, 3.8) is 0 Å². The Morgan fingerprint density at radius 1 is 1.00 bits per heavy atom. The van der Waals surface area contributed by atoms with Gasteiger partial charge in [0.2, 0.25) is 5.91 Å². The molecule has 1 aromatic heterocycles. The van der Waals surface area contributed by atoms with Gasteiger partial charge in [0.05, 0.1) is 0 Å². The predicted molar refractivity (Wildman–Crippen MR) is 122 cm³/mol. The number of fused-ring (bicyclic) bond motifs is 1. The third kappa shape index (κ3) is 6.01. The number of carbonyl (C=O) groups is 2. The van der Waals surface area contributed by atoms with Gasteiger partial charge in [0.15, 0.2) is 0 Å². The van der Waals surface area contributed by atoms with Crippen LogP contribution in [0, 0.1) is 5.82 Å². The molecule has 0 fully saturated rings. The number of rotatable bonds is 7. The molecule has 0 saturated heterocycles. The van der Waals surface area contributed by atoms with Gasteiger partial charge in [0.1, 0.15) is 17.5 Å². The quantitative estimate of drug-likeness (QED) is 0.577. The Morgan fingerprint density at radius 2 is 1.76 bits per heavy atom. The maximum Gasteiger partial charge on any atom is 0.251 e. The van der Waals surface area contributed by atoms with Crippen molar-refractivity contribution in [3.8, 4) is 0 Å². The summed E-state index contributed by atoms with van der Waals surface area (Å²) in [5.74, 6) is 1.13. The van der Waals surface area contributed by atoms with E-state index in [9.17, 15) is 14.0 Å². The molecule has 2 amide bonds. The van der Waals surface area contributed by atoms with Crippen molar-refractivity contribution < 1.29 is 14.0 Å². The summed E-state index contributed by atoms with van der Waals surface area (Å²) in [5.41, 5.74) is 2.41. The van der Waals surface area contributed by atoms with E-state index >= 15 is 0 Å². The van der Waals surface area contributed by atoms with E-state index < -0.39 is 0 Å². The highest BCUT2D eigenvalue weighted by atomic mass is 19.1. The minimum absolute atomic E-state index is 0.0795. The number of nitrogens with zero attached hydrogens (tertiary/aromatic N) is 4. The molecule has 2 N–H and O–H groups in total. The molecule has 0 aliphatic carbocycles. The summed E-state index contributed by atoms with van der Waals surface area (Å²) >= 11 is 0. The molecule has 8 nitrogen and oxygen atoms in total. The first-order chi connectivity index (χ1) is 16.0. The number of aromatic nitrogens is 3. The first kappa shape index (κ1) is 22.6. The van der Waals surface area contributed by atoms with Crippen LogP contribution >= 0.6 is 0 Å². The standard InChI is InChI=1S/C24H27FN6O2/c1-17(32)27-21-8-2-18(3-9-21)16-30-13-11-23-29-28-22(31(23)15-14-30)10-12-26-24(33)19-4-6-20(25)7-5-19/h2-9H,10-16H2,1H3,(H,26,33)(H,27,32). The lowest BCUT2D eigenvalue weighted by molar-refractivity contribution is -0.114. The second kappa shape index (κ2) is 10.4. The molecule has 0 atom stereocenters. The third-order valence-electron chi connectivity index (χ3n) is 5.62. The lowest BCUT2D eigenvalue weighted by atomic mass is 10.2. The van der Waals surface area contributed by atoms with E-state index in [4.69, 9.17) is 0 Å². The molecular formula is C24H27FN6O2. The van der Waals surface area contributed by atoms with E-state index in [0.29, 0.717) is 18.5 Å². The molecule has 2 heterocycles. The maximum atomic E-state index is 13.0. The molecule has 0 radical (unpaired) electrons. The second-order valence-corrected chi connectivity index (χ2v) is 8.10. The van der Waals surface area contributed by atoms with Gasteiger partial charge >= 0.3 is 0 Å². The molecule has 0 bridgehead atoms. The van der Waals surface area contributed by atoms with Crippen LogP contribution in [0.4, 0.5) is 10.1 Å². The fourth-order valence-electron chi connectivity index (χ4n) is 3.92. The number of halogens is 1. The highest BCUT2D eigenvalue weighted by Crippen LogP contribution is 2.15. The second-order valence-electron chi connectivity index (χ2n) is 8.10. The Kier molecular flexibility index (Phi) is 7.09. The van der Waals surface area contributed by atoms with E-state index in [1.807, 2.05) is 24.3 Å². The van der Waals surface area contributed by atoms with E-state index in [0.717, 1.165) is 49.9 Å². The van der Waals surface area contributed by atoms with Gasteiger partial charge in [0, 0.05) is 63.7 Å². The summed E-state index contributed by atoms with van der Waals surface area (Å²) in [7, 11) is 0. The van der Waals surface area contributed by atoms with E-state index in [-0.39, 0.29) is 17.6 Å². The van der Waals surface area contributed by atoms with Crippen LogP contribution in [0.2, 0.25) is 0 Å². The summed E-state index contributed by atoms with van der Waals surface area (Å²) < 4.78 is 15.2. The SMILES string of the molecule is CC(=O)Nc1ccc(CN2CCc3nnc(CCNC(=O)c4ccc(F)cc4)n3CC2)cc1. The number of nitrogens with one attached hydrogen (secondary N) is 2. The highest BCUT2D eigenvalue weighted by molar-refractivity contribution is 5.94. The van der Waals surface area contributed by atoms with Gasteiger partial charge in [-0.15, -0.1) is 10.2 Å². The summed E-state index contributed by atoms with van der Waals surface area (Å²) in [6.07, 6.45) is 1.38. The van der Waals surface area contributed by atoms with Gasteiger partial charge in [-0.25, -0.2) is 4.39 Å². The van der Waals surface area contributed by atoms with Gasteiger partial charge in [-0.1, -0.05) is 12.1 Å². The Morgan fingerprint density at radius 3 is 2.48 bits per heavy atom. The molecule has 0 spiro atoms. The molecule has 3 aromatic rings. The van der Waals surface area contributed by atoms with Crippen molar-refractivity contribution in [2.45, 2.75) is 32.9 Å². The van der Waals surface area contributed by atoms with Gasteiger partial charge < -0.3 is 15.2 Å². The molecule has 0 saturated carbocycles. The number of hydrogen-bond acceptors (Lipinski definition) is 5. The van der Waals surface area contributed by atoms with Crippen molar-refractivity contribution in [1.29, 1.82) is 0 Å². The van der Waals surface area contributed by atoms with Gasteiger partial charge in [0.25, 0.3) is 5.91 Å². The largest absolute Gasteiger partial charge is 0.352 e. The van der Waals surface area contributed by atoms with Crippen LogP contribution in [-0.2, 0) is 30.7 Å². The fraction of sp³-hybridized carbons (Fsp3) is 0.333. The van der Waals surface area contributed by atoms with E-state index in [2.05, 4.69) is 30.3 Å². The number of amides is 2. The van der Waals surface area contributed by atoms with Crippen molar-refractivity contribution >= 4 is 17.5 Å². The lowest BCUT2D eigenvalue weighted by Crippen LogP contribution is -2.28. The lowest BCUT2D eigenvalue weighted by Gasteiger charge is -2.20. The zero-order chi connectivity index (χ0) is 23.2. The Labute approximate surface area is 191 Å². The predicted octanol–water partition coefficient (Wildman–Crippen LogP) is 2.41. The number of carbonyl (C=O) groups excluding carboxylic acids is 2. The van der Waals surface area contributed by atoms with Crippen LogP contribution in [0.1, 0.15) is 34.5 Å². The summed E-state index contributed by atoms with van der Waals surface area (Å²) in [6.45, 7) is 5.28. The monoisotopic (exact) mass is 450 g/mol. The van der Waals surface area contributed by atoms with Gasteiger partial charge in [-0.05, 0) is 42.0 Å². The molecule has 33 heavy (non-hydrogen) atoms. The van der Waals surface area contributed by atoms with E-state index in [1.54, 1.807) is 0 Å². The molecule has 9 heteroatoms. The van der Waals surface area contributed by atoms with Crippen molar-refractivity contribution in [3.05, 3.63) is 77.1 Å². The number of anilines is 1. The van der Waals surface area contributed by atoms with Crippen LogP contribution in [0.25, 0.3) is 0 Å². The first-order valence-corrected chi connectivity index (χ1v) is 11.0. The molecule has 1 aliphatic heterocycles. The fourth-order valence-corrected chi connectivity index (χ4v) is 3.92. The Balaban J connectivity index is 1.29. The minimum atomic E-state index is -0.367. The maximum absolute atomic E-state index is 13.0. The summed E-state index contributed by atoms with van der Waals surface area (Å²) in [5, 5.41) is 14.3. The Bertz CT molecular complexity index is 1110. The molecule has 1 aliphatic rings. The van der Waals surface area contributed by atoms with Crippen LogP contribution in [0.3, 0.4) is 0 Å². The molecule has 0 unspecified atom stereocenters. The normalized spacial score (nSPS) is 13.8.